The van der Waals surface area contributed by atoms with Crippen LogP contribution >= 0.6 is 0 Å². The van der Waals surface area contributed by atoms with E-state index in [-0.39, 0.29) is 6.04 Å². The monoisotopic (exact) mass is 214 g/mol. The first kappa shape index (κ1) is 12.9. The molecule has 3 nitrogen and oxygen atoms in total. The average Bonchev–Trinajstić information content (AvgIpc) is 2.22. The van der Waals surface area contributed by atoms with Crippen LogP contribution in [-0.2, 0) is 4.74 Å². The number of piperidine rings is 1. The molecule has 90 valence electrons. The van der Waals surface area contributed by atoms with Crippen molar-refractivity contribution in [3.63, 3.8) is 0 Å². The second-order valence-corrected chi connectivity index (χ2v) is 4.90. The second-order valence-electron chi connectivity index (χ2n) is 4.90. The zero-order valence-corrected chi connectivity index (χ0v) is 10.4. The first-order valence-corrected chi connectivity index (χ1v) is 6.13. The lowest BCUT2D eigenvalue weighted by molar-refractivity contribution is 0.0995. The lowest BCUT2D eigenvalue weighted by Gasteiger charge is -2.39. The van der Waals surface area contributed by atoms with Crippen molar-refractivity contribution in [1.82, 2.24) is 4.90 Å². The van der Waals surface area contributed by atoms with E-state index in [1.165, 1.54) is 19.4 Å². The number of hydrogen-bond donors (Lipinski definition) is 1. The molecule has 0 saturated carbocycles. The summed E-state index contributed by atoms with van der Waals surface area (Å²) >= 11 is 0. The third-order valence-corrected chi connectivity index (χ3v) is 3.67. The fourth-order valence-corrected chi connectivity index (χ4v) is 2.34. The van der Waals surface area contributed by atoms with Crippen molar-refractivity contribution in [3.05, 3.63) is 0 Å². The summed E-state index contributed by atoms with van der Waals surface area (Å²) in [5.41, 5.74) is 6.08. The van der Waals surface area contributed by atoms with Gasteiger partial charge in [0.25, 0.3) is 0 Å². The third-order valence-electron chi connectivity index (χ3n) is 3.67. The molecule has 0 amide bonds. The summed E-state index contributed by atoms with van der Waals surface area (Å²) < 4.78 is 5.05. The number of ether oxygens (including phenoxy) is 1. The summed E-state index contributed by atoms with van der Waals surface area (Å²) in [7, 11) is 1.73. The van der Waals surface area contributed by atoms with Crippen LogP contribution in [0, 0.1) is 5.92 Å². The van der Waals surface area contributed by atoms with Crippen LogP contribution < -0.4 is 5.73 Å². The molecular formula is C12H26N2O. The first-order chi connectivity index (χ1) is 7.15. The lowest BCUT2D eigenvalue weighted by atomic mass is 9.91. The Morgan fingerprint density at radius 3 is 2.87 bits per heavy atom. The molecule has 2 N–H and O–H groups in total. The highest BCUT2D eigenvalue weighted by molar-refractivity contribution is 4.81. The molecule has 0 aromatic heterocycles. The summed E-state index contributed by atoms with van der Waals surface area (Å²) in [5, 5.41) is 0. The maximum absolute atomic E-state index is 6.08. The SMILES string of the molecule is COCCC(N)CN1CCCC(C)C1C. The van der Waals surface area contributed by atoms with E-state index in [4.69, 9.17) is 10.5 Å². The Bertz CT molecular complexity index is 175. The fraction of sp³-hybridized carbons (Fsp3) is 1.00. The van der Waals surface area contributed by atoms with Gasteiger partial charge in [-0.25, -0.2) is 0 Å². The highest BCUT2D eigenvalue weighted by Crippen LogP contribution is 2.22. The van der Waals surface area contributed by atoms with E-state index in [1.54, 1.807) is 7.11 Å². The van der Waals surface area contributed by atoms with Gasteiger partial charge in [0, 0.05) is 32.3 Å². The van der Waals surface area contributed by atoms with Crippen LogP contribution in [0.4, 0.5) is 0 Å². The summed E-state index contributed by atoms with van der Waals surface area (Å²) in [6.45, 7) is 7.68. The van der Waals surface area contributed by atoms with E-state index >= 15 is 0 Å². The molecule has 0 aliphatic carbocycles. The molecule has 0 radical (unpaired) electrons. The number of rotatable bonds is 5. The number of nitrogens with zero attached hydrogens (tertiary/aromatic N) is 1. The van der Waals surface area contributed by atoms with E-state index in [0.29, 0.717) is 6.04 Å². The normalized spacial score (nSPS) is 30.4. The van der Waals surface area contributed by atoms with Crippen LogP contribution in [0.3, 0.4) is 0 Å². The van der Waals surface area contributed by atoms with Gasteiger partial charge in [0.05, 0.1) is 0 Å². The topological polar surface area (TPSA) is 38.5 Å². The Morgan fingerprint density at radius 1 is 1.47 bits per heavy atom. The van der Waals surface area contributed by atoms with E-state index in [9.17, 15) is 0 Å². The van der Waals surface area contributed by atoms with Gasteiger partial charge in [0.1, 0.15) is 0 Å². The van der Waals surface area contributed by atoms with Gasteiger partial charge in [-0.15, -0.1) is 0 Å². The minimum Gasteiger partial charge on any atom is -0.385 e. The van der Waals surface area contributed by atoms with Crippen LogP contribution in [0.2, 0.25) is 0 Å². The van der Waals surface area contributed by atoms with Crippen LogP contribution in [0.15, 0.2) is 0 Å². The maximum atomic E-state index is 6.08. The Balaban J connectivity index is 2.29. The Kier molecular flexibility index (Phi) is 5.58. The van der Waals surface area contributed by atoms with Crippen molar-refractivity contribution in [2.45, 2.75) is 45.2 Å². The highest BCUT2D eigenvalue weighted by Gasteiger charge is 2.25. The number of hydrogen-bond acceptors (Lipinski definition) is 3. The van der Waals surface area contributed by atoms with Crippen LogP contribution in [0.25, 0.3) is 0 Å². The van der Waals surface area contributed by atoms with E-state index in [0.717, 1.165) is 25.5 Å². The molecule has 1 rings (SSSR count). The standard InChI is InChI=1S/C12H26N2O/c1-10-5-4-7-14(11(10)2)9-12(13)6-8-15-3/h10-12H,4-9,13H2,1-3H3. The minimum absolute atomic E-state index is 0.262. The largest absolute Gasteiger partial charge is 0.385 e. The molecule has 1 aliphatic rings. The third kappa shape index (κ3) is 4.09. The van der Waals surface area contributed by atoms with Crippen molar-refractivity contribution in [2.75, 3.05) is 26.8 Å². The van der Waals surface area contributed by atoms with E-state index in [1.807, 2.05) is 0 Å². The molecule has 1 aliphatic heterocycles. The molecule has 3 heteroatoms. The van der Waals surface area contributed by atoms with Crippen molar-refractivity contribution >= 4 is 0 Å². The minimum atomic E-state index is 0.262. The molecule has 0 aromatic rings. The molecule has 1 fully saturated rings. The Labute approximate surface area is 94.0 Å². The predicted molar refractivity (Wildman–Crippen MR) is 63.9 cm³/mol. The van der Waals surface area contributed by atoms with Crippen LogP contribution in [-0.4, -0.2) is 43.8 Å². The quantitative estimate of drug-likeness (QED) is 0.753. The van der Waals surface area contributed by atoms with Gasteiger partial charge in [-0.3, -0.25) is 4.90 Å². The molecule has 0 aromatic carbocycles. The number of methoxy groups -OCH3 is 1. The van der Waals surface area contributed by atoms with Gasteiger partial charge >= 0.3 is 0 Å². The van der Waals surface area contributed by atoms with E-state index < -0.39 is 0 Å². The number of nitrogens with two attached hydrogens (primary N) is 1. The van der Waals surface area contributed by atoms with Gasteiger partial charge < -0.3 is 10.5 Å². The molecule has 15 heavy (non-hydrogen) atoms. The van der Waals surface area contributed by atoms with Crippen molar-refractivity contribution < 1.29 is 4.74 Å². The van der Waals surface area contributed by atoms with E-state index in [2.05, 4.69) is 18.7 Å². The van der Waals surface area contributed by atoms with Crippen LogP contribution in [0.1, 0.15) is 33.1 Å². The molecule has 3 atom stereocenters. The average molecular weight is 214 g/mol. The number of likely N-dealkylation sites (tertiary alicyclic amines) is 1. The van der Waals surface area contributed by atoms with Gasteiger partial charge in [-0.05, 0) is 38.6 Å². The van der Waals surface area contributed by atoms with Crippen LogP contribution in [0.5, 0.6) is 0 Å². The molecule has 3 unspecified atom stereocenters. The van der Waals surface area contributed by atoms with Gasteiger partial charge in [-0.1, -0.05) is 6.92 Å². The molecular weight excluding hydrogens is 188 g/mol. The fourth-order valence-electron chi connectivity index (χ4n) is 2.34. The highest BCUT2D eigenvalue weighted by atomic mass is 16.5. The van der Waals surface area contributed by atoms with Crippen molar-refractivity contribution in [3.8, 4) is 0 Å². The Hall–Kier alpha value is -0.120. The summed E-state index contributed by atoms with van der Waals surface area (Å²) in [5.74, 6) is 0.813. The molecule has 0 spiro atoms. The lowest BCUT2D eigenvalue weighted by Crippen LogP contribution is -2.48. The maximum Gasteiger partial charge on any atom is 0.0477 e. The summed E-state index contributed by atoms with van der Waals surface area (Å²) in [4.78, 5) is 2.54. The van der Waals surface area contributed by atoms with Gasteiger partial charge in [-0.2, -0.15) is 0 Å². The smallest absolute Gasteiger partial charge is 0.0477 e. The van der Waals surface area contributed by atoms with Gasteiger partial charge in [0.2, 0.25) is 0 Å². The second kappa shape index (κ2) is 6.46. The summed E-state index contributed by atoms with van der Waals surface area (Å²) in [6, 6.07) is 0.949. The Morgan fingerprint density at radius 2 is 2.20 bits per heavy atom. The zero-order chi connectivity index (χ0) is 11.3. The van der Waals surface area contributed by atoms with Gasteiger partial charge in [0.15, 0.2) is 0 Å². The zero-order valence-electron chi connectivity index (χ0n) is 10.4. The molecule has 1 saturated heterocycles. The first-order valence-electron chi connectivity index (χ1n) is 6.13. The molecule has 0 bridgehead atoms. The van der Waals surface area contributed by atoms with Crippen molar-refractivity contribution in [2.24, 2.45) is 11.7 Å². The summed E-state index contributed by atoms with van der Waals surface area (Å²) in [6.07, 6.45) is 3.65. The van der Waals surface area contributed by atoms with Crippen molar-refractivity contribution in [1.29, 1.82) is 0 Å². The molecule has 1 heterocycles. The predicted octanol–water partition coefficient (Wildman–Crippen LogP) is 1.47.